The number of fused-ring (bicyclic) bond motifs is 4. The highest BCUT2D eigenvalue weighted by Crippen LogP contribution is 2.53. The van der Waals surface area contributed by atoms with E-state index in [-0.39, 0.29) is 29.5 Å². The summed E-state index contributed by atoms with van der Waals surface area (Å²) in [6, 6.07) is 17.5. The van der Waals surface area contributed by atoms with Gasteiger partial charge in [0.05, 0.1) is 16.8 Å². The van der Waals surface area contributed by atoms with E-state index in [0.717, 1.165) is 5.56 Å². The molecular weight excluding hydrogens is 596 g/mol. The smallest absolute Gasteiger partial charge is 0.410 e. The molecule has 2 aromatic carbocycles. The van der Waals surface area contributed by atoms with Gasteiger partial charge in [-0.1, -0.05) is 48.5 Å². The SMILES string of the molecule is CN1C(=O)C2(CN(C(=O)OC(C)(C)C)C2)c2c1cnc1c2c(-c2ccccc2)c(Br)n1S(=O)(=O)c1ccccc1. The fraction of sp³-hybridized carbons (Fsp3) is 0.276. The van der Waals surface area contributed by atoms with E-state index in [1.807, 2.05) is 30.3 Å². The van der Waals surface area contributed by atoms with Gasteiger partial charge in [-0.3, -0.25) is 4.79 Å². The van der Waals surface area contributed by atoms with Gasteiger partial charge in [0.15, 0.2) is 5.65 Å². The van der Waals surface area contributed by atoms with Crippen LogP contribution in [-0.2, 0) is 25.0 Å². The first-order valence-electron chi connectivity index (χ1n) is 12.7. The number of nitrogens with zero attached hydrogens (tertiary/aromatic N) is 4. The summed E-state index contributed by atoms with van der Waals surface area (Å²) < 4.78 is 35.1. The van der Waals surface area contributed by atoms with Gasteiger partial charge in [-0.15, -0.1) is 0 Å². The lowest BCUT2D eigenvalue weighted by Crippen LogP contribution is -2.65. The Morgan fingerprint density at radius 2 is 1.62 bits per heavy atom. The Labute approximate surface area is 240 Å². The molecule has 2 aliphatic heterocycles. The summed E-state index contributed by atoms with van der Waals surface area (Å²) in [6.07, 6.45) is 1.04. The van der Waals surface area contributed by atoms with Crippen LogP contribution in [0.25, 0.3) is 22.2 Å². The molecule has 40 heavy (non-hydrogen) atoms. The molecule has 0 bridgehead atoms. The van der Waals surface area contributed by atoms with Crippen LogP contribution in [0.1, 0.15) is 26.3 Å². The zero-order valence-corrected chi connectivity index (χ0v) is 24.8. The number of carbonyl (C=O) groups excluding carboxylic acids is 2. The molecule has 11 heteroatoms. The maximum Gasteiger partial charge on any atom is 0.410 e. The minimum Gasteiger partial charge on any atom is -0.444 e. The average molecular weight is 624 g/mol. The van der Waals surface area contributed by atoms with Crippen molar-refractivity contribution in [2.45, 2.75) is 36.7 Å². The second-order valence-corrected chi connectivity index (χ2v) is 13.7. The number of likely N-dealkylation sites (N-methyl/N-ethyl adjacent to an activating group) is 1. The summed E-state index contributed by atoms with van der Waals surface area (Å²) in [5, 5.41) is 0.552. The lowest BCUT2D eigenvalue weighted by atomic mass is 9.73. The number of ether oxygens (including phenoxy) is 1. The predicted molar refractivity (Wildman–Crippen MR) is 155 cm³/mol. The van der Waals surface area contributed by atoms with Crippen molar-refractivity contribution in [1.29, 1.82) is 0 Å². The van der Waals surface area contributed by atoms with Crippen molar-refractivity contribution in [3.63, 3.8) is 0 Å². The quantitative estimate of drug-likeness (QED) is 0.312. The number of carbonyl (C=O) groups is 2. The molecule has 0 aliphatic carbocycles. The third-order valence-corrected chi connectivity index (χ3v) is 10.0. The summed E-state index contributed by atoms with van der Waals surface area (Å²) in [5.74, 6) is -0.176. The third-order valence-electron chi connectivity index (χ3n) is 7.34. The van der Waals surface area contributed by atoms with E-state index < -0.39 is 27.1 Å². The number of halogens is 1. The monoisotopic (exact) mass is 622 g/mol. The molecule has 0 saturated carbocycles. The standard InChI is InChI=1S/C29H27BrN4O5S/c1-28(2,3)39-27(36)33-16-29(17-33)23-20(32(4)26(29)35)15-31-25-22(23)21(18-11-7-5-8-12-18)24(30)34(25)40(37,38)19-13-9-6-10-14-19/h5-15H,16-17H2,1-4H3. The molecule has 6 rings (SSSR count). The van der Waals surface area contributed by atoms with Crippen molar-refractivity contribution < 1.29 is 22.7 Å². The van der Waals surface area contributed by atoms with Gasteiger partial charge >= 0.3 is 6.09 Å². The Kier molecular flexibility index (Phi) is 5.90. The Morgan fingerprint density at radius 1 is 1.02 bits per heavy atom. The van der Waals surface area contributed by atoms with Gasteiger partial charge in [0.2, 0.25) is 5.91 Å². The van der Waals surface area contributed by atoms with E-state index in [2.05, 4.69) is 20.9 Å². The molecule has 0 atom stereocenters. The zero-order valence-electron chi connectivity index (χ0n) is 22.4. The van der Waals surface area contributed by atoms with Crippen LogP contribution in [0.3, 0.4) is 0 Å². The van der Waals surface area contributed by atoms with Gasteiger partial charge in [0, 0.05) is 36.7 Å². The molecule has 0 N–H and O–H groups in total. The number of hydrogen-bond donors (Lipinski definition) is 0. The van der Waals surface area contributed by atoms with Crippen LogP contribution in [-0.4, -0.2) is 60.0 Å². The highest BCUT2D eigenvalue weighted by atomic mass is 79.9. The highest BCUT2D eigenvalue weighted by molar-refractivity contribution is 9.10. The van der Waals surface area contributed by atoms with E-state index in [9.17, 15) is 18.0 Å². The first-order chi connectivity index (χ1) is 18.9. The number of benzene rings is 2. The summed E-state index contributed by atoms with van der Waals surface area (Å²) in [7, 11) is -2.40. The summed E-state index contributed by atoms with van der Waals surface area (Å²) in [4.78, 5) is 34.4. The molecule has 2 aromatic heterocycles. The largest absolute Gasteiger partial charge is 0.444 e. The van der Waals surface area contributed by atoms with Crippen LogP contribution in [0.15, 0.2) is 76.4 Å². The van der Waals surface area contributed by atoms with Gasteiger partial charge in [0.25, 0.3) is 10.0 Å². The van der Waals surface area contributed by atoms with Crippen molar-refractivity contribution >= 4 is 54.7 Å². The second-order valence-electron chi connectivity index (χ2n) is 11.1. The Hall–Kier alpha value is -3.70. The second kappa shape index (κ2) is 8.90. The number of amides is 2. The number of aromatic nitrogens is 2. The first-order valence-corrected chi connectivity index (χ1v) is 15.0. The third kappa shape index (κ3) is 3.78. The molecule has 4 aromatic rings. The van der Waals surface area contributed by atoms with Crippen molar-refractivity contribution in [2.24, 2.45) is 0 Å². The molecule has 1 fully saturated rings. The van der Waals surface area contributed by atoms with Crippen LogP contribution in [0.4, 0.5) is 10.5 Å². The Morgan fingerprint density at radius 3 is 2.23 bits per heavy atom. The lowest BCUT2D eigenvalue weighted by molar-refractivity contribution is -0.128. The summed E-state index contributed by atoms with van der Waals surface area (Å²) in [5.41, 5.74) is 1.07. The Bertz CT molecular complexity index is 1790. The van der Waals surface area contributed by atoms with Gasteiger partial charge in [-0.05, 0) is 54.4 Å². The minimum absolute atomic E-state index is 0.108. The summed E-state index contributed by atoms with van der Waals surface area (Å²) in [6.45, 7) is 5.59. The van der Waals surface area contributed by atoms with Gasteiger partial charge in [-0.2, -0.15) is 0 Å². The fourth-order valence-corrected chi connectivity index (χ4v) is 8.14. The van der Waals surface area contributed by atoms with Crippen molar-refractivity contribution in [3.05, 3.63) is 77.0 Å². The number of hydrogen-bond acceptors (Lipinski definition) is 6. The lowest BCUT2D eigenvalue weighted by Gasteiger charge is -2.46. The normalized spacial score (nSPS) is 16.4. The van der Waals surface area contributed by atoms with E-state index in [4.69, 9.17) is 4.74 Å². The molecule has 9 nitrogen and oxygen atoms in total. The number of anilines is 1. The minimum atomic E-state index is -4.07. The first kappa shape index (κ1) is 26.5. The van der Waals surface area contributed by atoms with E-state index >= 15 is 0 Å². The molecule has 206 valence electrons. The molecule has 0 radical (unpaired) electrons. The van der Waals surface area contributed by atoms with Crippen molar-refractivity contribution in [2.75, 3.05) is 25.0 Å². The van der Waals surface area contributed by atoms with Crippen molar-refractivity contribution in [3.8, 4) is 11.1 Å². The van der Waals surface area contributed by atoms with Crippen LogP contribution < -0.4 is 4.90 Å². The molecule has 4 heterocycles. The topological polar surface area (TPSA) is 102 Å². The molecule has 2 amide bonds. The van der Waals surface area contributed by atoms with E-state index in [0.29, 0.717) is 26.8 Å². The number of likely N-dealkylation sites (tertiary alicyclic amines) is 1. The predicted octanol–water partition coefficient (Wildman–Crippen LogP) is 5.17. The fourth-order valence-electron chi connectivity index (χ4n) is 5.60. The van der Waals surface area contributed by atoms with E-state index in [1.54, 1.807) is 57.1 Å². The van der Waals surface area contributed by atoms with Crippen molar-refractivity contribution in [1.82, 2.24) is 13.9 Å². The highest BCUT2D eigenvalue weighted by Gasteiger charge is 2.60. The number of pyridine rings is 1. The van der Waals surface area contributed by atoms with Crippen LogP contribution in [0.5, 0.6) is 0 Å². The average Bonchev–Trinajstić information content (AvgIpc) is 3.31. The maximum atomic E-state index is 14.0. The molecule has 1 spiro atoms. The van der Waals surface area contributed by atoms with Crippen LogP contribution >= 0.6 is 15.9 Å². The molecule has 2 aliphatic rings. The summed E-state index contributed by atoms with van der Waals surface area (Å²) >= 11 is 3.61. The van der Waals surface area contributed by atoms with Gasteiger partial charge < -0.3 is 14.5 Å². The van der Waals surface area contributed by atoms with E-state index in [1.165, 1.54) is 21.0 Å². The van der Waals surface area contributed by atoms with Crippen LogP contribution in [0, 0.1) is 0 Å². The Balaban J connectivity index is 1.62. The van der Waals surface area contributed by atoms with Gasteiger partial charge in [-0.25, -0.2) is 22.2 Å². The van der Waals surface area contributed by atoms with Gasteiger partial charge in [0.1, 0.15) is 15.6 Å². The molecular formula is C29H27BrN4O5S. The molecule has 1 saturated heterocycles. The zero-order chi connectivity index (χ0) is 28.6. The molecule has 0 unspecified atom stereocenters. The maximum absolute atomic E-state index is 14.0. The number of rotatable bonds is 3. The van der Waals surface area contributed by atoms with Crippen LogP contribution in [0.2, 0.25) is 0 Å².